The van der Waals surface area contributed by atoms with E-state index in [1.165, 1.54) is 5.56 Å². The fourth-order valence-corrected chi connectivity index (χ4v) is 2.59. The van der Waals surface area contributed by atoms with Crippen molar-refractivity contribution in [2.45, 2.75) is 39.9 Å². The monoisotopic (exact) mass is 322 g/mol. The van der Waals surface area contributed by atoms with Gasteiger partial charge in [-0.2, -0.15) is 5.10 Å². The van der Waals surface area contributed by atoms with Crippen LogP contribution >= 0.6 is 0 Å². The highest BCUT2D eigenvalue weighted by Gasteiger charge is 2.12. The van der Waals surface area contributed by atoms with Crippen molar-refractivity contribution < 1.29 is 0 Å². The number of hydrogen-bond acceptors (Lipinski definition) is 5. The standard InChI is InChI=1S/C18H22N6/c1-4-24-18(22-12-23-24)14(3)19-9-15-10-20-17(21-11-15)16-7-5-6-13(2)8-16/h5-8,10-12,14,19H,4,9H2,1-3H3. The van der Waals surface area contributed by atoms with Gasteiger partial charge in [-0.25, -0.2) is 19.6 Å². The van der Waals surface area contributed by atoms with Gasteiger partial charge in [0.15, 0.2) is 5.82 Å². The average molecular weight is 322 g/mol. The molecule has 1 aromatic carbocycles. The lowest BCUT2D eigenvalue weighted by atomic mass is 10.1. The van der Waals surface area contributed by atoms with Gasteiger partial charge in [0.1, 0.15) is 12.2 Å². The van der Waals surface area contributed by atoms with Gasteiger partial charge in [0.2, 0.25) is 0 Å². The third-order valence-corrected chi connectivity index (χ3v) is 3.93. The largest absolute Gasteiger partial charge is 0.303 e. The minimum absolute atomic E-state index is 0.115. The summed E-state index contributed by atoms with van der Waals surface area (Å²) < 4.78 is 1.90. The molecule has 1 N–H and O–H groups in total. The van der Waals surface area contributed by atoms with Gasteiger partial charge in [0.05, 0.1) is 6.04 Å². The van der Waals surface area contributed by atoms with Crippen molar-refractivity contribution >= 4 is 0 Å². The van der Waals surface area contributed by atoms with Crippen molar-refractivity contribution in [3.63, 3.8) is 0 Å². The van der Waals surface area contributed by atoms with Crippen LogP contribution in [0.1, 0.15) is 36.8 Å². The second-order valence-electron chi connectivity index (χ2n) is 5.82. The van der Waals surface area contributed by atoms with E-state index in [9.17, 15) is 0 Å². The molecule has 2 heterocycles. The maximum atomic E-state index is 4.48. The summed E-state index contributed by atoms with van der Waals surface area (Å²) in [7, 11) is 0. The molecule has 0 spiro atoms. The van der Waals surface area contributed by atoms with Crippen LogP contribution in [-0.4, -0.2) is 24.7 Å². The molecule has 0 saturated carbocycles. The van der Waals surface area contributed by atoms with Crippen molar-refractivity contribution in [3.8, 4) is 11.4 Å². The van der Waals surface area contributed by atoms with Crippen LogP contribution in [0.3, 0.4) is 0 Å². The topological polar surface area (TPSA) is 68.5 Å². The Kier molecular flexibility index (Phi) is 4.96. The van der Waals surface area contributed by atoms with Gasteiger partial charge in [0, 0.05) is 36.6 Å². The van der Waals surface area contributed by atoms with Gasteiger partial charge < -0.3 is 5.32 Å². The SMILES string of the molecule is CCn1ncnc1C(C)NCc1cnc(-c2cccc(C)c2)nc1. The predicted octanol–water partition coefficient (Wildman–Crippen LogP) is 2.91. The Bertz CT molecular complexity index is 793. The molecule has 0 fully saturated rings. The molecule has 124 valence electrons. The van der Waals surface area contributed by atoms with Gasteiger partial charge in [-0.3, -0.25) is 0 Å². The number of nitrogens with one attached hydrogen (secondary N) is 1. The summed E-state index contributed by atoms with van der Waals surface area (Å²) in [5, 5.41) is 7.64. The molecule has 6 nitrogen and oxygen atoms in total. The normalized spacial score (nSPS) is 12.3. The number of hydrogen-bond donors (Lipinski definition) is 1. The van der Waals surface area contributed by atoms with E-state index in [1.54, 1.807) is 6.33 Å². The Morgan fingerprint density at radius 2 is 1.96 bits per heavy atom. The fourth-order valence-electron chi connectivity index (χ4n) is 2.59. The quantitative estimate of drug-likeness (QED) is 0.756. The lowest BCUT2D eigenvalue weighted by molar-refractivity contribution is 0.497. The first-order valence-corrected chi connectivity index (χ1v) is 8.16. The molecule has 1 unspecified atom stereocenters. The molecule has 1 atom stereocenters. The zero-order valence-electron chi connectivity index (χ0n) is 14.3. The van der Waals surface area contributed by atoms with Gasteiger partial charge in [-0.15, -0.1) is 0 Å². The highest BCUT2D eigenvalue weighted by atomic mass is 15.3. The van der Waals surface area contributed by atoms with Crippen molar-refractivity contribution in [1.29, 1.82) is 0 Å². The van der Waals surface area contributed by atoms with E-state index in [4.69, 9.17) is 0 Å². The first-order valence-electron chi connectivity index (χ1n) is 8.16. The summed E-state index contributed by atoms with van der Waals surface area (Å²) in [6.45, 7) is 7.71. The second-order valence-corrected chi connectivity index (χ2v) is 5.82. The highest BCUT2D eigenvalue weighted by molar-refractivity contribution is 5.55. The maximum Gasteiger partial charge on any atom is 0.159 e. The summed E-state index contributed by atoms with van der Waals surface area (Å²) >= 11 is 0. The van der Waals surface area contributed by atoms with Crippen LogP contribution in [0.25, 0.3) is 11.4 Å². The molecular formula is C18H22N6. The van der Waals surface area contributed by atoms with E-state index in [2.05, 4.69) is 58.3 Å². The van der Waals surface area contributed by atoms with Gasteiger partial charge in [-0.1, -0.05) is 23.8 Å². The average Bonchev–Trinajstić information content (AvgIpc) is 3.09. The number of rotatable bonds is 6. The molecule has 3 rings (SSSR count). The fraction of sp³-hybridized carbons (Fsp3) is 0.333. The molecule has 2 aromatic heterocycles. The van der Waals surface area contributed by atoms with Crippen LogP contribution < -0.4 is 5.32 Å². The van der Waals surface area contributed by atoms with Gasteiger partial charge >= 0.3 is 0 Å². The lowest BCUT2D eigenvalue weighted by Gasteiger charge is -2.13. The Balaban J connectivity index is 1.64. The lowest BCUT2D eigenvalue weighted by Crippen LogP contribution is -2.22. The van der Waals surface area contributed by atoms with E-state index in [-0.39, 0.29) is 6.04 Å². The van der Waals surface area contributed by atoms with Crippen molar-refractivity contribution in [1.82, 2.24) is 30.0 Å². The Labute approximate surface area is 142 Å². The van der Waals surface area contributed by atoms with Crippen LogP contribution in [0.4, 0.5) is 0 Å². The van der Waals surface area contributed by atoms with E-state index in [0.717, 1.165) is 29.3 Å². The summed E-state index contributed by atoms with van der Waals surface area (Å²) in [4.78, 5) is 13.3. The van der Waals surface area contributed by atoms with E-state index in [0.29, 0.717) is 6.54 Å². The van der Waals surface area contributed by atoms with E-state index < -0.39 is 0 Å². The number of nitrogens with zero attached hydrogens (tertiary/aromatic N) is 5. The van der Waals surface area contributed by atoms with Crippen molar-refractivity contribution in [2.75, 3.05) is 0 Å². The van der Waals surface area contributed by atoms with Crippen molar-refractivity contribution in [2.24, 2.45) is 0 Å². The van der Waals surface area contributed by atoms with Crippen LogP contribution in [-0.2, 0) is 13.1 Å². The number of benzene rings is 1. The molecule has 0 amide bonds. The third kappa shape index (κ3) is 3.65. The van der Waals surface area contributed by atoms with Crippen LogP contribution in [0.2, 0.25) is 0 Å². The van der Waals surface area contributed by atoms with Crippen molar-refractivity contribution in [3.05, 3.63) is 59.9 Å². The zero-order valence-corrected chi connectivity index (χ0v) is 14.3. The summed E-state index contributed by atoms with van der Waals surface area (Å²) in [5.41, 5.74) is 3.29. The molecular weight excluding hydrogens is 300 g/mol. The minimum atomic E-state index is 0.115. The zero-order chi connectivity index (χ0) is 16.9. The Hall–Kier alpha value is -2.60. The minimum Gasteiger partial charge on any atom is -0.303 e. The van der Waals surface area contributed by atoms with E-state index >= 15 is 0 Å². The predicted molar refractivity (Wildman–Crippen MR) is 93.2 cm³/mol. The second kappa shape index (κ2) is 7.31. The summed E-state index contributed by atoms with van der Waals surface area (Å²) in [6.07, 6.45) is 5.33. The Morgan fingerprint density at radius 1 is 1.17 bits per heavy atom. The summed E-state index contributed by atoms with van der Waals surface area (Å²) in [5.74, 6) is 1.69. The molecule has 24 heavy (non-hydrogen) atoms. The molecule has 0 aliphatic rings. The van der Waals surface area contributed by atoms with E-state index in [1.807, 2.05) is 29.2 Å². The highest BCUT2D eigenvalue weighted by Crippen LogP contribution is 2.16. The van der Waals surface area contributed by atoms with Gasteiger partial charge in [-0.05, 0) is 26.8 Å². The molecule has 0 aliphatic carbocycles. The molecule has 3 aromatic rings. The number of aromatic nitrogens is 5. The van der Waals surface area contributed by atoms with Crippen LogP contribution in [0.5, 0.6) is 0 Å². The first-order chi connectivity index (χ1) is 11.7. The third-order valence-electron chi connectivity index (χ3n) is 3.93. The first kappa shape index (κ1) is 16.3. The summed E-state index contributed by atoms with van der Waals surface area (Å²) in [6, 6.07) is 8.32. The van der Waals surface area contributed by atoms with Crippen LogP contribution in [0, 0.1) is 6.92 Å². The molecule has 0 saturated heterocycles. The molecule has 0 bridgehead atoms. The number of aryl methyl sites for hydroxylation is 2. The van der Waals surface area contributed by atoms with Gasteiger partial charge in [0.25, 0.3) is 0 Å². The smallest absolute Gasteiger partial charge is 0.159 e. The molecule has 0 aliphatic heterocycles. The van der Waals surface area contributed by atoms with Crippen LogP contribution in [0.15, 0.2) is 43.0 Å². The molecule has 0 radical (unpaired) electrons. The Morgan fingerprint density at radius 3 is 2.67 bits per heavy atom. The molecule has 6 heteroatoms. The maximum absolute atomic E-state index is 4.48.